The maximum atomic E-state index is 13.9. The van der Waals surface area contributed by atoms with Gasteiger partial charge in [-0.2, -0.15) is 0 Å². The van der Waals surface area contributed by atoms with Gasteiger partial charge in [0.1, 0.15) is 23.1 Å². The van der Waals surface area contributed by atoms with Crippen LogP contribution in [0.4, 0.5) is 19.3 Å². The molecule has 8 heteroatoms. The molecule has 0 fully saturated rings. The van der Waals surface area contributed by atoms with E-state index in [1.54, 1.807) is 72.8 Å². The Bertz CT molecular complexity index is 1420. The average molecular weight is 504 g/mol. The fourth-order valence-corrected chi connectivity index (χ4v) is 3.93. The Morgan fingerprint density at radius 1 is 0.833 bits per heavy atom. The summed E-state index contributed by atoms with van der Waals surface area (Å²) in [5.74, 6) is 0.477. The van der Waals surface area contributed by atoms with Gasteiger partial charge in [-0.3, -0.25) is 5.43 Å². The van der Waals surface area contributed by atoms with Gasteiger partial charge in [-0.25, -0.2) is 18.6 Å². The third kappa shape index (κ3) is 5.31. The number of rotatable bonds is 5. The first-order valence-corrected chi connectivity index (χ1v) is 11.5. The smallest absolute Gasteiger partial charge is 0.340 e. The van der Waals surface area contributed by atoms with Crippen LogP contribution in [0.15, 0.2) is 97.1 Å². The Balaban J connectivity index is 1.31. The molecular weight excluding hydrogens is 484 g/mol. The molecule has 2 N–H and O–H groups in total. The van der Waals surface area contributed by atoms with Crippen LogP contribution in [0.3, 0.4) is 0 Å². The van der Waals surface area contributed by atoms with E-state index in [0.29, 0.717) is 33.5 Å². The molecule has 1 heterocycles. The minimum atomic E-state index is -0.410. The molecule has 5 rings (SSSR count). The fraction of sp³-hybridized carbons (Fsp3) is 0.0357. The molecule has 4 aromatic rings. The molecular formula is C28H20ClF2N3O2. The highest BCUT2D eigenvalue weighted by Crippen LogP contribution is 2.31. The van der Waals surface area contributed by atoms with Gasteiger partial charge in [-0.15, -0.1) is 0 Å². The monoisotopic (exact) mass is 503 g/mol. The van der Waals surface area contributed by atoms with Crippen molar-refractivity contribution in [2.24, 2.45) is 0 Å². The zero-order valence-corrected chi connectivity index (χ0v) is 19.6. The minimum Gasteiger partial charge on any atom is -0.457 e. The first kappa shape index (κ1) is 23.4. The van der Waals surface area contributed by atoms with Crippen LogP contribution in [0.1, 0.15) is 11.1 Å². The van der Waals surface area contributed by atoms with Gasteiger partial charge in [-0.05, 0) is 78.4 Å². The summed E-state index contributed by atoms with van der Waals surface area (Å²) in [7, 11) is 0. The first-order valence-electron chi connectivity index (χ1n) is 11.1. The molecule has 1 aliphatic heterocycles. The molecule has 0 aromatic heterocycles. The van der Waals surface area contributed by atoms with E-state index in [-0.39, 0.29) is 12.4 Å². The maximum Gasteiger partial charge on any atom is 0.340 e. The van der Waals surface area contributed by atoms with E-state index in [1.165, 1.54) is 29.3 Å². The molecule has 1 aliphatic rings. The average Bonchev–Trinajstić information content (AvgIpc) is 3.33. The molecule has 0 bridgehead atoms. The van der Waals surface area contributed by atoms with Crippen molar-refractivity contribution in [1.29, 1.82) is 0 Å². The first-order chi connectivity index (χ1) is 17.4. The maximum absolute atomic E-state index is 13.9. The summed E-state index contributed by atoms with van der Waals surface area (Å²) in [5, 5.41) is 4.84. The van der Waals surface area contributed by atoms with Gasteiger partial charge in [0.15, 0.2) is 0 Å². The Kier molecular flexibility index (Phi) is 6.56. The molecule has 180 valence electrons. The molecule has 0 atom stereocenters. The number of amides is 2. The second-order valence-electron chi connectivity index (χ2n) is 8.08. The number of urea groups is 1. The number of carbonyl (C=O) groups is 1. The van der Waals surface area contributed by atoms with Crippen LogP contribution in [0, 0.1) is 11.6 Å². The van der Waals surface area contributed by atoms with Crippen molar-refractivity contribution in [3.63, 3.8) is 0 Å². The third-order valence-corrected chi connectivity index (χ3v) is 5.82. The van der Waals surface area contributed by atoms with Gasteiger partial charge < -0.3 is 10.1 Å². The molecule has 0 saturated carbocycles. The van der Waals surface area contributed by atoms with Crippen LogP contribution in [0.5, 0.6) is 11.5 Å². The van der Waals surface area contributed by atoms with Gasteiger partial charge >= 0.3 is 6.03 Å². The SMILES string of the molecule is O=C(Nc1ccc(Oc2ccc(Cl)cc2)cc1)N1CC(c2ccc(F)cc2)=C(c2cccc(F)c2)N1. The van der Waals surface area contributed by atoms with E-state index >= 15 is 0 Å². The second-order valence-corrected chi connectivity index (χ2v) is 8.52. The van der Waals surface area contributed by atoms with Gasteiger partial charge in [-0.1, -0.05) is 35.9 Å². The number of anilines is 1. The Hall–Kier alpha value is -4.36. The topological polar surface area (TPSA) is 53.6 Å². The molecule has 0 saturated heterocycles. The quantitative estimate of drug-likeness (QED) is 0.300. The predicted molar refractivity (Wildman–Crippen MR) is 136 cm³/mol. The van der Waals surface area contributed by atoms with E-state index < -0.39 is 11.8 Å². The highest BCUT2D eigenvalue weighted by atomic mass is 35.5. The van der Waals surface area contributed by atoms with Crippen LogP contribution in [0.2, 0.25) is 5.02 Å². The van der Waals surface area contributed by atoms with Crippen LogP contribution in [0.25, 0.3) is 11.3 Å². The number of nitrogens with one attached hydrogen (secondary N) is 2. The Morgan fingerprint density at radius 3 is 2.17 bits per heavy atom. The third-order valence-electron chi connectivity index (χ3n) is 5.57. The van der Waals surface area contributed by atoms with Crippen molar-refractivity contribution in [2.45, 2.75) is 0 Å². The van der Waals surface area contributed by atoms with E-state index in [1.807, 2.05) is 0 Å². The zero-order valence-electron chi connectivity index (χ0n) is 18.8. The molecule has 4 aromatic carbocycles. The summed E-state index contributed by atoms with van der Waals surface area (Å²) in [6, 6.07) is 25.5. The second kappa shape index (κ2) is 10.1. The molecule has 36 heavy (non-hydrogen) atoms. The summed E-state index contributed by atoms with van der Waals surface area (Å²) >= 11 is 5.90. The van der Waals surface area contributed by atoms with E-state index in [2.05, 4.69) is 10.7 Å². The number of nitrogens with zero attached hydrogens (tertiary/aromatic N) is 1. The van der Waals surface area contributed by atoms with Crippen LogP contribution in [-0.2, 0) is 0 Å². The highest BCUT2D eigenvalue weighted by Gasteiger charge is 2.27. The predicted octanol–water partition coefficient (Wildman–Crippen LogP) is 7.33. The standard InChI is InChI=1S/C28H20ClF2N3O2/c29-20-6-12-24(13-7-20)36-25-14-10-23(11-15-25)32-28(35)34-17-26(18-4-8-21(30)9-5-18)27(33-34)19-2-1-3-22(31)16-19/h1-16,33H,17H2,(H,32,35). The summed E-state index contributed by atoms with van der Waals surface area (Å²) in [6.07, 6.45) is 0. The molecule has 2 amide bonds. The summed E-state index contributed by atoms with van der Waals surface area (Å²) in [5.41, 5.74) is 6.25. The Labute approximate surface area is 211 Å². The normalized spacial score (nSPS) is 12.9. The number of hydrogen-bond acceptors (Lipinski definition) is 3. The number of benzene rings is 4. The van der Waals surface area contributed by atoms with Crippen molar-refractivity contribution >= 4 is 34.6 Å². The lowest BCUT2D eigenvalue weighted by atomic mass is 10.0. The number of carbonyl (C=O) groups excluding carboxylic acids is 1. The molecule has 5 nitrogen and oxygen atoms in total. The van der Waals surface area contributed by atoms with Crippen molar-refractivity contribution in [3.05, 3.63) is 125 Å². The molecule has 0 radical (unpaired) electrons. The van der Waals surface area contributed by atoms with Crippen molar-refractivity contribution in [1.82, 2.24) is 10.4 Å². The van der Waals surface area contributed by atoms with Crippen molar-refractivity contribution < 1.29 is 18.3 Å². The van der Waals surface area contributed by atoms with E-state index in [4.69, 9.17) is 16.3 Å². The van der Waals surface area contributed by atoms with Crippen molar-refractivity contribution in [2.75, 3.05) is 11.9 Å². The van der Waals surface area contributed by atoms with Crippen LogP contribution in [-0.4, -0.2) is 17.6 Å². The highest BCUT2D eigenvalue weighted by molar-refractivity contribution is 6.30. The van der Waals surface area contributed by atoms with Gasteiger partial charge in [0.25, 0.3) is 0 Å². The summed E-state index contributed by atoms with van der Waals surface area (Å²) < 4.78 is 33.2. The molecule has 0 unspecified atom stereocenters. The zero-order chi connectivity index (χ0) is 25.1. The number of halogens is 3. The van der Waals surface area contributed by atoms with Crippen LogP contribution < -0.4 is 15.5 Å². The lowest BCUT2D eigenvalue weighted by molar-refractivity contribution is 0.210. The van der Waals surface area contributed by atoms with Crippen LogP contribution >= 0.6 is 11.6 Å². The van der Waals surface area contributed by atoms with Gasteiger partial charge in [0.05, 0.1) is 12.2 Å². The number of hydrazine groups is 1. The van der Waals surface area contributed by atoms with Gasteiger partial charge in [0, 0.05) is 21.8 Å². The lowest BCUT2D eigenvalue weighted by Gasteiger charge is -2.19. The molecule has 0 aliphatic carbocycles. The Morgan fingerprint density at radius 2 is 1.50 bits per heavy atom. The van der Waals surface area contributed by atoms with Crippen molar-refractivity contribution in [3.8, 4) is 11.5 Å². The fourth-order valence-electron chi connectivity index (χ4n) is 3.81. The van der Waals surface area contributed by atoms with E-state index in [0.717, 1.165) is 11.1 Å². The lowest BCUT2D eigenvalue weighted by Crippen LogP contribution is -2.40. The molecule has 0 spiro atoms. The van der Waals surface area contributed by atoms with Gasteiger partial charge in [0.2, 0.25) is 0 Å². The number of ether oxygens (including phenoxy) is 1. The summed E-state index contributed by atoms with van der Waals surface area (Å²) in [4.78, 5) is 13.0. The number of hydrogen-bond donors (Lipinski definition) is 2. The van der Waals surface area contributed by atoms with E-state index in [9.17, 15) is 13.6 Å². The summed E-state index contributed by atoms with van der Waals surface area (Å²) in [6.45, 7) is 0.196. The largest absolute Gasteiger partial charge is 0.457 e. The minimum absolute atomic E-state index is 0.196.